The molecule has 0 bridgehead atoms. The summed E-state index contributed by atoms with van der Waals surface area (Å²) in [5.41, 5.74) is -0.00815. The highest BCUT2D eigenvalue weighted by atomic mass is 35.5. The Kier molecular flexibility index (Phi) is 7.47. The number of amides is 1. The van der Waals surface area contributed by atoms with Crippen LogP contribution in [0.4, 0.5) is 8.78 Å². The van der Waals surface area contributed by atoms with E-state index in [1.807, 2.05) is 13.8 Å². The lowest BCUT2D eigenvalue weighted by molar-refractivity contribution is 0.0949. The molecule has 1 rings (SSSR count). The predicted molar refractivity (Wildman–Crippen MR) is 69.1 cm³/mol. The summed E-state index contributed by atoms with van der Waals surface area (Å²) in [4.78, 5) is 11.6. The van der Waals surface area contributed by atoms with Gasteiger partial charge in [0.25, 0.3) is 5.91 Å². The van der Waals surface area contributed by atoms with Crippen molar-refractivity contribution in [3.8, 4) is 0 Å². The Morgan fingerprint density at radius 2 is 1.83 bits per heavy atom. The second-order valence-electron chi connectivity index (χ2n) is 3.83. The summed E-state index contributed by atoms with van der Waals surface area (Å²) >= 11 is 0. The zero-order valence-corrected chi connectivity index (χ0v) is 11.1. The number of hydrogen-bond acceptors (Lipinski definition) is 2. The van der Waals surface area contributed by atoms with Gasteiger partial charge < -0.3 is 10.6 Å². The maximum absolute atomic E-state index is 12.9. The lowest BCUT2D eigenvalue weighted by Crippen LogP contribution is -2.38. The second kappa shape index (κ2) is 8.00. The molecule has 18 heavy (non-hydrogen) atoms. The Morgan fingerprint density at radius 3 is 2.33 bits per heavy atom. The van der Waals surface area contributed by atoms with E-state index in [0.29, 0.717) is 6.54 Å². The molecule has 0 heterocycles. The summed E-state index contributed by atoms with van der Waals surface area (Å²) in [7, 11) is 0. The normalized spacial score (nSPS) is 11.6. The first-order chi connectivity index (χ1) is 8.02. The van der Waals surface area contributed by atoms with Gasteiger partial charge in [0.2, 0.25) is 0 Å². The predicted octanol–water partition coefficient (Wildman–Crippen LogP) is 2.11. The number of likely N-dealkylation sites (N-methyl/N-ethyl adjacent to an activating group) is 1. The third kappa shape index (κ3) is 5.42. The molecule has 0 aromatic heterocycles. The minimum absolute atomic E-state index is 0. The van der Waals surface area contributed by atoms with Crippen molar-refractivity contribution in [2.24, 2.45) is 0 Å². The lowest BCUT2D eigenvalue weighted by atomic mass is 10.2. The van der Waals surface area contributed by atoms with Gasteiger partial charge in [0.1, 0.15) is 11.6 Å². The SMILES string of the molecule is CCN[C@H](C)CNC(=O)c1cc(F)cc(F)c1.Cl. The molecule has 102 valence electrons. The summed E-state index contributed by atoms with van der Waals surface area (Å²) in [5.74, 6) is -1.99. The molecule has 0 saturated heterocycles. The van der Waals surface area contributed by atoms with Crippen molar-refractivity contribution in [2.45, 2.75) is 19.9 Å². The third-order valence-corrected chi connectivity index (χ3v) is 2.25. The Bertz CT molecular complexity index is 381. The van der Waals surface area contributed by atoms with E-state index in [2.05, 4.69) is 10.6 Å². The van der Waals surface area contributed by atoms with E-state index in [1.54, 1.807) is 0 Å². The molecule has 0 radical (unpaired) electrons. The van der Waals surface area contributed by atoms with Crippen molar-refractivity contribution >= 4 is 18.3 Å². The zero-order chi connectivity index (χ0) is 12.8. The fourth-order valence-corrected chi connectivity index (χ4v) is 1.45. The highest BCUT2D eigenvalue weighted by Crippen LogP contribution is 2.07. The number of rotatable bonds is 5. The topological polar surface area (TPSA) is 41.1 Å². The zero-order valence-electron chi connectivity index (χ0n) is 10.3. The van der Waals surface area contributed by atoms with Crippen LogP contribution in [0, 0.1) is 11.6 Å². The summed E-state index contributed by atoms with van der Waals surface area (Å²) in [6.07, 6.45) is 0. The number of halogens is 3. The maximum atomic E-state index is 12.9. The molecule has 6 heteroatoms. The number of hydrogen-bond donors (Lipinski definition) is 2. The molecule has 0 aliphatic carbocycles. The van der Waals surface area contributed by atoms with E-state index in [9.17, 15) is 13.6 Å². The molecule has 1 atom stereocenters. The molecule has 1 aromatic rings. The quantitative estimate of drug-likeness (QED) is 0.866. The fourth-order valence-electron chi connectivity index (χ4n) is 1.45. The van der Waals surface area contributed by atoms with Crippen LogP contribution in [-0.2, 0) is 0 Å². The number of carbonyl (C=O) groups excluding carboxylic acids is 1. The van der Waals surface area contributed by atoms with E-state index in [-0.39, 0.29) is 24.0 Å². The van der Waals surface area contributed by atoms with Gasteiger partial charge in [-0.05, 0) is 25.6 Å². The van der Waals surface area contributed by atoms with Crippen LogP contribution in [0.3, 0.4) is 0 Å². The molecule has 1 amide bonds. The molecule has 0 fully saturated rings. The fraction of sp³-hybridized carbons (Fsp3) is 0.417. The first kappa shape index (κ1) is 16.8. The van der Waals surface area contributed by atoms with Crippen LogP contribution in [0.5, 0.6) is 0 Å². The van der Waals surface area contributed by atoms with E-state index in [1.165, 1.54) is 0 Å². The third-order valence-electron chi connectivity index (χ3n) is 2.25. The monoisotopic (exact) mass is 278 g/mol. The number of benzene rings is 1. The van der Waals surface area contributed by atoms with Gasteiger partial charge in [0.15, 0.2) is 0 Å². The van der Waals surface area contributed by atoms with Gasteiger partial charge in [-0.15, -0.1) is 12.4 Å². The van der Waals surface area contributed by atoms with Crippen molar-refractivity contribution in [2.75, 3.05) is 13.1 Å². The van der Waals surface area contributed by atoms with Crippen molar-refractivity contribution in [3.63, 3.8) is 0 Å². The molecule has 0 aliphatic rings. The molecule has 0 unspecified atom stereocenters. The van der Waals surface area contributed by atoms with E-state index >= 15 is 0 Å². The Balaban J connectivity index is 0.00000289. The smallest absolute Gasteiger partial charge is 0.251 e. The van der Waals surface area contributed by atoms with Gasteiger partial charge in [-0.25, -0.2) is 8.78 Å². The first-order valence-electron chi connectivity index (χ1n) is 5.50. The van der Waals surface area contributed by atoms with Crippen LogP contribution in [0.2, 0.25) is 0 Å². The standard InChI is InChI=1S/C12H16F2N2O.ClH/c1-3-15-8(2)7-16-12(17)9-4-10(13)6-11(14)5-9;/h4-6,8,15H,3,7H2,1-2H3,(H,16,17);1H/t8-;/m1./s1. The van der Waals surface area contributed by atoms with Crippen LogP contribution in [0.1, 0.15) is 24.2 Å². The summed E-state index contributed by atoms with van der Waals surface area (Å²) in [6.45, 7) is 5.08. The van der Waals surface area contributed by atoms with Gasteiger partial charge in [0, 0.05) is 24.2 Å². The van der Waals surface area contributed by atoms with Gasteiger partial charge in [0.05, 0.1) is 0 Å². The highest BCUT2D eigenvalue weighted by molar-refractivity contribution is 5.94. The van der Waals surface area contributed by atoms with Crippen LogP contribution in [0.25, 0.3) is 0 Å². The van der Waals surface area contributed by atoms with E-state index in [4.69, 9.17) is 0 Å². The highest BCUT2D eigenvalue weighted by Gasteiger charge is 2.09. The molecular weight excluding hydrogens is 262 g/mol. The molecule has 0 aliphatic heterocycles. The van der Waals surface area contributed by atoms with Gasteiger partial charge >= 0.3 is 0 Å². The molecule has 1 aromatic carbocycles. The van der Waals surface area contributed by atoms with E-state index in [0.717, 1.165) is 24.7 Å². The van der Waals surface area contributed by atoms with Crippen molar-refractivity contribution < 1.29 is 13.6 Å². The average Bonchev–Trinajstić information content (AvgIpc) is 2.25. The largest absolute Gasteiger partial charge is 0.350 e. The Labute approximate surface area is 111 Å². The number of nitrogens with one attached hydrogen (secondary N) is 2. The van der Waals surface area contributed by atoms with Crippen LogP contribution >= 0.6 is 12.4 Å². The lowest BCUT2D eigenvalue weighted by Gasteiger charge is -2.13. The second-order valence-corrected chi connectivity index (χ2v) is 3.83. The molecule has 0 spiro atoms. The maximum Gasteiger partial charge on any atom is 0.251 e. The van der Waals surface area contributed by atoms with Crippen molar-refractivity contribution in [3.05, 3.63) is 35.4 Å². The molecule has 3 nitrogen and oxygen atoms in total. The first-order valence-corrected chi connectivity index (χ1v) is 5.50. The van der Waals surface area contributed by atoms with Crippen molar-refractivity contribution in [1.29, 1.82) is 0 Å². The van der Waals surface area contributed by atoms with Crippen LogP contribution in [-0.4, -0.2) is 25.0 Å². The minimum atomic E-state index is -0.755. The van der Waals surface area contributed by atoms with Crippen molar-refractivity contribution in [1.82, 2.24) is 10.6 Å². The van der Waals surface area contributed by atoms with Gasteiger partial charge in [-0.3, -0.25) is 4.79 Å². The molecular formula is C12H17ClF2N2O. The van der Waals surface area contributed by atoms with Gasteiger partial charge in [-0.1, -0.05) is 6.92 Å². The molecule has 2 N–H and O–H groups in total. The average molecular weight is 279 g/mol. The minimum Gasteiger partial charge on any atom is -0.350 e. The molecule has 0 saturated carbocycles. The number of carbonyl (C=O) groups is 1. The van der Waals surface area contributed by atoms with Crippen LogP contribution < -0.4 is 10.6 Å². The van der Waals surface area contributed by atoms with Crippen LogP contribution in [0.15, 0.2) is 18.2 Å². The van der Waals surface area contributed by atoms with Gasteiger partial charge in [-0.2, -0.15) is 0 Å². The Morgan fingerprint density at radius 1 is 1.28 bits per heavy atom. The summed E-state index contributed by atoms with van der Waals surface area (Å²) < 4.78 is 25.8. The Hall–Kier alpha value is -1.20. The summed E-state index contributed by atoms with van der Waals surface area (Å²) in [6, 6.07) is 2.87. The summed E-state index contributed by atoms with van der Waals surface area (Å²) in [5, 5.41) is 5.72. The van der Waals surface area contributed by atoms with E-state index < -0.39 is 17.5 Å².